The first-order chi connectivity index (χ1) is 16.0. The number of anilines is 2. The average molecular weight is 484 g/mol. The fourth-order valence-electron chi connectivity index (χ4n) is 4.68. The van der Waals surface area contributed by atoms with E-state index in [0.717, 1.165) is 43.6 Å². The van der Waals surface area contributed by atoms with Gasteiger partial charge in [-0.25, -0.2) is 9.18 Å². The summed E-state index contributed by atoms with van der Waals surface area (Å²) in [5.74, 6) is 0.815. The summed E-state index contributed by atoms with van der Waals surface area (Å²) in [5, 5.41) is 11.7. The number of pyridine rings is 1. The van der Waals surface area contributed by atoms with Crippen LogP contribution in [0.5, 0.6) is 0 Å². The molecule has 2 aromatic heterocycles. The number of rotatable bonds is 5. The number of carbonyl (C=O) groups is 1. The van der Waals surface area contributed by atoms with Gasteiger partial charge in [0, 0.05) is 24.0 Å². The van der Waals surface area contributed by atoms with E-state index in [1.54, 1.807) is 35.4 Å². The number of halogens is 2. The van der Waals surface area contributed by atoms with Crippen LogP contribution in [0.25, 0.3) is 11.3 Å². The number of benzene rings is 1. The number of aryl methyl sites for hydroxylation is 1. The van der Waals surface area contributed by atoms with Crippen LogP contribution in [0.2, 0.25) is 0 Å². The van der Waals surface area contributed by atoms with Crippen molar-refractivity contribution < 1.29 is 13.9 Å². The first-order valence-electron chi connectivity index (χ1n) is 11.3. The van der Waals surface area contributed by atoms with Gasteiger partial charge < -0.3 is 10.1 Å². The van der Waals surface area contributed by atoms with Gasteiger partial charge in [-0.1, -0.05) is 12.1 Å². The van der Waals surface area contributed by atoms with E-state index in [9.17, 15) is 9.18 Å². The molecule has 34 heavy (non-hydrogen) atoms. The van der Waals surface area contributed by atoms with Crippen LogP contribution in [-0.2, 0) is 4.74 Å². The molecule has 1 aliphatic carbocycles. The average Bonchev–Trinajstić information content (AvgIpc) is 3.15. The highest BCUT2D eigenvalue weighted by Gasteiger charge is 2.47. The molecule has 2 aliphatic rings. The summed E-state index contributed by atoms with van der Waals surface area (Å²) >= 11 is 0. The van der Waals surface area contributed by atoms with Gasteiger partial charge in [0.2, 0.25) is 0 Å². The summed E-state index contributed by atoms with van der Waals surface area (Å²) in [6.45, 7) is 3.26. The first kappa shape index (κ1) is 23.9. The molecular weight excluding hydrogens is 457 g/mol. The van der Waals surface area contributed by atoms with Crippen molar-refractivity contribution in [3.05, 3.63) is 66.2 Å². The quantitative estimate of drug-likeness (QED) is 0.523. The van der Waals surface area contributed by atoms with Crippen LogP contribution < -0.4 is 10.2 Å². The second kappa shape index (κ2) is 9.93. The highest BCUT2D eigenvalue weighted by atomic mass is 35.5. The molecule has 2 fully saturated rings. The fourth-order valence-corrected chi connectivity index (χ4v) is 4.68. The summed E-state index contributed by atoms with van der Waals surface area (Å²) in [5.41, 5.74) is 2.25. The zero-order valence-corrected chi connectivity index (χ0v) is 19.7. The summed E-state index contributed by atoms with van der Waals surface area (Å²) in [4.78, 5) is 18.5. The van der Waals surface area contributed by atoms with E-state index < -0.39 is 5.60 Å². The van der Waals surface area contributed by atoms with Crippen molar-refractivity contribution in [1.82, 2.24) is 15.2 Å². The monoisotopic (exact) mass is 483 g/mol. The second-order valence-electron chi connectivity index (χ2n) is 8.90. The second-order valence-corrected chi connectivity index (χ2v) is 8.90. The Balaban J connectivity index is 0.00000274. The molecule has 0 unspecified atom stereocenters. The van der Waals surface area contributed by atoms with E-state index in [0.29, 0.717) is 29.5 Å². The molecule has 1 saturated carbocycles. The molecule has 0 atom stereocenters. The maximum Gasteiger partial charge on any atom is 0.415 e. The Hall–Kier alpha value is -3.26. The molecule has 1 saturated heterocycles. The predicted octanol–water partition coefficient (Wildman–Crippen LogP) is 5.41. The lowest BCUT2D eigenvalue weighted by atomic mass is 9.78. The van der Waals surface area contributed by atoms with Crippen LogP contribution >= 0.6 is 12.4 Å². The third-order valence-corrected chi connectivity index (χ3v) is 6.56. The standard InChI is InChI=1S/C25H26FN5O2.ClH/c1-17-14-19(10-13-27-17)31-16-25(33-24(31)32)11-8-18(9-12-25)15-28-23-7-6-22(29-30-23)20-4-2-3-5-21(20)26;/h2-7,10,13-14,18H,8-9,11-12,15-16H2,1H3,(H,28,30);1H. The van der Waals surface area contributed by atoms with E-state index in [1.165, 1.54) is 6.07 Å². The zero-order valence-electron chi connectivity index (χ0n) is 18.9. The maximum absolute atomic E-state index is 13.9. The van der Waals surface area contributed by atoms with Gasteiger partial charge in [0.1, 0.15) is 17.2 Å². The van der Waals surface area contributed by atoms with Gasteiger partial charge in [-0.3, -0.25) is 9.88 Å². The number of ether oxygens (including phenoxy) is 1. The van der Waals surface area contributed by atoms with Crippen molar-refractivity contribution in [2.45, 2.75) is 38.2 Å². The highest BCUT2D eigenvalue weighted by Crippen LogP contribution is 2.40. The Morgan fingerprint density at radius 3 is 2.65 bits per heavy atom. The minimum Gasteiger partial charge on any atom is -0.441 e. The lowest BCUT2D eigenvalue weighted by Crippen LogP contribution is -2.39. The van der Waals surface area contributed by atoms with E-state index in [2.05, 4.69) is 20.5 Å². The predicted molar refractivity (Wildman–Crippen MR) is 131 cm³/mol. The Labute approximate surface area is 204 Å². The van der Waals surface area contributed by atoms with E-state index in [-0.39, 0.29) is 24.3 Å². The topological polar surface area (TPSA) is 80.2 Å². The summed E-state index contributed by atoms with van der Waals surface area (Å²) in [6.07, 6.45) is 5.04. The van der Waals surface area contributed by atoms with Crippen LogP contribution in [0.15, 0.2) is 54.7 Å². The van der Waals surface area contributed by atoms with Gasteiger partial charge in [0.15, 0.2) is 0 Å². The van der Waals surface area contributed by atoms with Crippen LogP contribution in [-0.4, -0.2) is 40.0 Å². The highest BCUT2D eigenvalue weighted by molar-refractivity contribution is 5.90. The molecule has 1 aromatic carbocycles. The third kappa shape index (κ3) is 4.97. The van der Waals surface area contributed by atoms with Gasteiger partial charge >= 0.3 is 6.09 Å². The minimum absolute atomic E-state index is 0. The summed E-state index contributed by atoms with van der Waals surface area (Å²) in [7, 11) is 0. The fraction of sp³-hybridized carbons (Fsp3) is 0.360. The smallest absolute Gasteiger partial charge is 0.415 e. The Kier molecular flexibility index (Phi) is 6.97. The molecule has 1 aliphatic heterocycles. The largest absolute Gasteiger partial charge is 0.441 e. The third-order valence-electron chi connectivity index (χ3n) is 6.56. The maximum atomic E-state index is 13.9. The number of nitrogens with zero attached hydrogens (tertiary/aromatic N) is 4. The van der Waals surface area contributed by atoms with E-state index >= 15 is 0 Å². The van der Waals surface area contributed by atoms with Crippen molar-refractivity contribution in [2.75, 3.05) is 23.3 Å². The molecule has 9 heteroatoms. The first-order valence-corrected chi connectivity index (χ1v) is 11.3. The molecule has 3 heterocycles. The number of hydrogen-bond acceptors (Lipinski definition) is 6. The van der Waals surface area contributed by atoms with Crippen LogP contribution in [0, 0.1) is 18.7 Å². The van der Waals surface area contributed by atoms with Crippen LogP contribution in [0.1, 0.15) is 31.4 Å². The van der Waals surface area contributed by atoms with Gasteiger partial charge in [0.25, 0.3) is 0 Å². The summed E-state index contributed by atoms with van der Waals surface area (Å²) in [6, 6.07) is 13.9. The van der Waals surface area contributed by atoms with Crippen molar-refractivity contribution in [2.24, 2.45) is 5.92 Å². The molecule has 3 aromatic rings. The normalized spacial score (nSPS) is 21.8. The Morgan fingerprint density at radius 2 is 1.94 bits per heavy atom. The molecular formula is C25H27ClFN5O2. The minimum atomic E-state index is -0.411. The molecule has 0 radical (unpaired) electrons. The van der Waals surface area contributed by atoms with Crippen molar-refractivity contribution in [3.63, 3.8) is 0 Å². The lowest BCUT2D eigenvalue weighted by Gasteiger charge is -2.35. The lowest BCUT2D eigenvalue weighted by molar-refractivity contribution is 0.0148. The molecule has 1 N–H and O–H groups in total. The number of carbonyl (C=O) groups excluding carboxylic acids is 1. The van der Waals surface area contributed by atoms with Gasteiger partial charge in [-0.05, 0) is 74.9 Å². The SMILES string of the molecule is Cc1cc(N2CC3(CCC(CNc4ccc(-c5ccccc5F)nn4)CC3)OC2=O)ccn1.Cl. The number of hydrogen-bond donors (Lipinski definition) is 1. The Morgan fingerprint density at radius 1 is 1.15 bits per heavy atom. The molecule has 7 nitrogen and oxygen atoms in total. The molecule has 0 bridgehead atoms. The molecule has 5 rings (SSSR count). The molecule has 1 spiro atoms. The molecule has 178 valence electrons. The van der Waals surface area contributed by atoms with Crippen molar-refractivity contribution in [3.8, 4) is 11.3 Å². The summed E-state index contributed by atoms with van der Waals surface area (Å²) < 4.78 is 19.8. The van der Waals surface area contributed by atoms with Crippen molar-refractivity contribution in [1.29, 1.82) is 0 Å². The van der Waals surface area contributed by atoms with Crippen LogP contribution in [0.3, 0.4) is 0 Å². The number of amides is 1. The zero-order chi connectivity index (χ0) is 22.8. The van der Waals surface area contributed by atoms with E-state index in [1.807, 2.05) is 25.1 Å². The van der Waals surface area contributed by atoms with Gasteiger partial charge in [-0.2, -0.15) is 0 Å². The van der Waals surface area contributed by atoms with Crippen molar-refractivity contribution >= 4 is 30.0 Å². The van der Waals surface area contributed by atoms with Gasteiger partial charge in [0.05, 0.1) is 17.9 Å². The number of nitrogens with one attached hydrogen (secondary N) is 1. The number of aromatic nitrogens is 3. The molecule has 1 amide bonds. The van der Waals surface area contributed by atoms with Gasteiger partial charge in [-0.15, -0.1) is 22.6 Å². The Bertz CT molecular complexity index is 1150. The van der Waals surface area contributed by atoms with E-state index in [4.69, 9.17) is 4.74 Å². The van der Waals surface area contributed by atoms with Crippen LogP contribution in [0.4, 0.5) is 20.7 Å².